The van der Waals surface area contributed by atoms with Crippen molar-refractivity contribution in [3.63, 3.8) is 0 Å². The normalized spacial score (nSPS) is 11.2. The van der Waals surface area contributed by atoms with Gasteiger partial charge in [-0.25, -0.2) is 9.97 Å². The lowest BCUT2D eigenvalue weighted by Crippen LogP contribution is -2.28. The maximum absolute atomic E-state index is 12.3. The summed E-state index contributed by atoms with van der Waals surface area (Å²) < 4.78 is 1.90. The highest BCUT2D eigenvalue weighted by molar-refractivity contribution is 6.05. The third-order valence-electron chi connectivity index (χ3n) is 4.35. The number of fused-ring (bicyclic) bond motifs is 3. The van der Waals surface area contributed by atoms with Crippen LogP contribution < -0.4 is 10.6 Å². The van der Waals surface area contributed by atoms with Crippen molar-refractivity contribution < 1.29 is 4.79 Å². The number of nitrogens with one attached hydrogen (secondary N) is 2. The van der Waals surface area contributed by atoms with E-state index < -0.39 is 0 Å². The highest BCUT2D eigenvalue weighted by Crippen LogP contribution is 2.25. The van der Waals surface area contributed by atoms with E-state index in [0.717, 1.165) is 48.0 Å². The van der Waals surface area contributed by atoms with Crippen molar-refractivity contribution in [2.45, 2.75) is 32.2 Å². The lowest BCUT2D eigenvalue weighted by atomic mass is 10.2. The molecule has 0 spiro atoms. The zero-order valence-corrected chi connectivity index (χ0v) is 14.7. The molecule has 0 aliphatic heterocycles. The van der Waals surface area contributed by atoms with Crippen molar-refractivity contribution in [2.75, 3.05) is 20.1 Å². The molecule has 0 radical (unpaired) electrons. The van der Waals surface area contributed by atoms with E-state index in [1.54, 1.807) is 12.4 Å². The minimum atomic E-state index is 0.00494. The van der Waals surface area contributed by atoms with Crippen LogP contribution in [0.25, 0.3) is 22.1 Å². The molecule has 0 aliphatic carbocycles. The van der Waals surface area contributed by atoms with Crippen molar-refractivity contribution >= 4 is 28.0 Å². The number of hydrogen-bond acceptors (Lipinski definition) is 4. The van der Waals surface area contributed by atoms with Crippen LogP contribution in [-0.2, 0) is 11.3 Å². The van der Waals surface area contributed by atoms with Gasteiger partial charge in [0, 0.05) is 29.7 Å². The van der Waals surface area contributed by atoms with E-state index in [1.807, 2.05) is 35.9 Å². The van der Waals surface area contributed by atoms with Gasteiger partial charge in [-0.15, -0.1) is 0 Å². The molecule has 132 valence electrons. The molecule has 6 heteroatoms. The van der Waals surface area contributed by atoms with Crippen molar-refractivity contribution in [3.8, 4) is 0 Å². The molecule has 3 rings (SSSR count). The second-order valence-electron chi connectivity index (χ2n) is 6.20. The Morgan fingerprint density at radius 2 is 1.56 bits per heavy atom. The summed E-state index contributed by atoms with van der Waals surface area (Å²) in [6.45, 7) is 2.02. The first kappa shape index (κ1) is 17.4. The predicted octanol–water partition coefficient (Wildman–Crippen LogP) is 2.48. The third kappa shape index (κ3) is 4.14. The third-order valence-corrected chi connectivity index (χ3v) is 4.35. The van der Waals surface area contributed by atoms with Gasteiger partial charge in [0.05, 0.1) is 0 Å². The highest BCUT2D eigenvalue weighted by atomic mass is 16.1. The topological polar surface area (TPSA) is 71.8 Å². The molecule has 25 heavy (non-hydrogen) atoms. The van der Waals surface area contributed by atoms with Gasteiger partial charge in [-0.05, 0) is 50.7 Å². The SMILES string of the molecule is CNCCCCCCNC(=O)Cn1c2ncccc2c2cccnc21. The first-order valence-electron chi connectivity index (χ1n) is 8.90. The van der Waals surface area contributed by atoms with Gasteiger partial charge in [0.2, 0.25) is 5.91 Å². The Kier molecular flexibility index (Phi) is 5.95. The Morgan fingerprint density at radius 3 is 2.16 bits per heavy atom. The quantitative estimate of drug-likeness (QED) is 0.588. The van der Waals surface area contributed by atoms with E-state index >= 15 is 0 Å². The largest absolute Gasteiger partial charge is 0.355 e. The van der Waals surface area contributed by atoms with Crippen LogP contribution in [0.1, 0.15) is 25.7 Å². The molecule has 2 N–H and O–H groups in total. The van der Waals surface area contributed by atoms with E-state index in [9.17, 15) is 4.79 Å². The standard InChI is InChI=1S/C19H25N5O/c1-20-10-4-2-3-5-11-21-17(25)14-24-18-15(8-6-12-22-18)16-9-7-13-23-19(16)24/h6-9,12-13,20H,2-5,10-11,14H2,1H3,(H,21,25). The number of carbonyl (C=O) groups is 1. The van der Waals surface area contributed by atoms with Gasteiger partial charge in [-0.3, -0.25) is 4.79 Å². The summed E-state index contributed by atoms with van der Waals surface area (Å²) in [6, 6.07) is 7.86. The van der Waals surface area contributed by atoms with Crippen LogP contribution in [0.2, 0.25) is 0 Å². The van der Waals surface area contributed by atoms with E-state index in [0.29, 0.717) is 0 Å². The number of nitrogens with zero attached hydrogens (tertiary/aromatic N) is 3. The Labute approximate surface area is 147 Å². The number of amides is 1. The van der Waals surface area contributed by atoms with E-state index in [-0.39, 0.29) is 12.5 Å². The van der Waals surface area contributed by atoms with Gasteiger partial charge in [0.1, 0.15) is 17.8 Å². The summed E-state index contributed by atoms with van der Waals surface area (Å²) in [5.74, 6) is 0.00494. The Morgan fingerprint density at radius 1 is 0.960 bits per heavy atom. The van der Waals surface area contributed by atoms with E-state index in [2.05, 4.69) is 20.6 Å². The lowest BCUT2D eigenvalue weighted by Gasteiger charge is -2.08. The number of aromatic nitrogens is 3. The van der Waals surface area contributed by atoms with E-state index in [1.165, 1.54) is 12.8 Å². The van der Waals surface area contributed by atoms with Gasteiger partial charge >= 0.3 is 0 Å². The fourth-order valence-electron chi connectivity index (χ4n) is 3.10. The smallest absolute Gasteiger partial charge is 0.240 e. The van der Waals surface area contributed by atoms with Crippen LogP contribution in [-0.4, -0.2) is 40.6 Å². The molecule has 1 amide bonds. The van der Waals surface area contributed by atoms with Crippen LogP contribution >= 0.6 is 0 Å². The first-order valence-corrected chi connectivity index (χ1v) is 8.90. The molecule has 3 heterocycles. The van der Waals surface area contributed by atoms with Crippen LogP contribution in [0, 0.1) is 0 Å². The minimum Gasteiger partial charge on any atom is -0.355 e. The zero-order chi connectivity index (χ0) is 17.5. The molecule has 3 aromatic heterocycles. The molecule has 0 saturated heterocycles. The number of carbonyl (C=O) groups excluding carboxylic acids is 1. The highest BCUT2D eigenvalue weighted by Gasteiger charge is 2.14. The Bertz CT molecular complexity index is 789. The molecule has 3 aromatic rings. The van der Waals surface area contributed by atoms with Crippen molar-refractivity contribution in [2.24, 2.45) is 0 Å². The van der Waals surface area contributed by atoms with Crippen molar-refractivity contribution in [1.82, 2.24) is 25.2 Å². The fraction of sp³-hybridized carbons (Fsp3) is 0.421. The average molecular weight is 339 g/mol. The van der Waals surface area contributed by atoms with Gasteiger partial charge in [-0.1, -0.05) is 12.8 Å². The summed E-state index contributed by atoms with van der Waals surface area (Å²) in [5, 5.41) is 8.22. The number of unbranched alkanes of at least 4 members (excludes halogenated alkanes) is 3. The van der Waals surface area contributed by atoms with Gasteiger partial charge in [-0.2, -0.15) is 0 Å². The maximum atomic E-state index is 12.3. The monoisotopic (exact) mass is 339 g/mol. The second kappa shape index (κ2) is 8.58. The Hall–Kier alpha value is -2.47. The molecular formula is C19H25N5O. The average Bonchev–Trinajstić information content (AvgIpc) is 2.95. The molecule has 0 aliphatic rings. The minimum absolute atomic E-state index is 0.00494. The molecule has 0 aromatic carbocycles. The van der Waals surface area contributed by atoms with Gasteiger partial charge in [0.15, 0.2) is 0 Å². The number of rotatable bonds is 9. The lowest BCUT2D eigenvalue weighted by molar-refractivity contribution is -0.121. The van der Waals surface area contributed by atoms with Crippen molar-refractivity contribution in [1.29, 1.82) is 0 Å². The summed E-state index contributed by atoms with van der Waals surface area (Å²) in [6.07, 6.45) is 8.03. The second-order valence-corrected chi connectivity index (χ2v) is 6.20. The number of pyridine rings is 2. The van der Waals surface area contributed by atoms with Crippen LogP contribution in [0.15, 0.2) is 36.7 Å². The fourth-order valence-corrected chi connectivity index (χ4v) is 3.10. The molecule has 0 unspecified atom stereocenters. The molecule has 0 fully saturated rings. The maximum Gasteiger partial charge on any atom is 0.240 e. The molecular weight excluding hydrogens is 314 g/mol. The Balaban J connectivity index is 1.61. The summed E-state index contributed by atoms with van der Waals surface area (Å²) in [5.41, 5.74) is 1.61. The molecule has 0 saturated carbocycles. The summed E-state index contributed by atoms with van der Waals surface area (Å²) in [4.78, 5) is 21.2. The predicted molar refractivity (Wildman–Crippen MR) is 100 cm³/mol. The zero-order valence-electron chi connectivity index (χ0n) is 14.7. The summed E-state index contributed by atoms with van der Waals surface area (Å²) in [7, 11) is 1.97. The van der Waals surface area contributed by atoms with E-state index in [4.69, 9.17) is 0 Å². The summed E-state index contributed by atoms with van der Waals surface area (Å²) >= 11 is 0. The van der Waals surface area contributed by atoms with Crippen LogP contribution in [0.3, 0.4) is 0 Å². The van der Waals surface area contributed by atoms with Crippen LogP contribution in [0.4, 0.5) is 0 Å². The first-order chi connectivity index (χ1) is 12.3. The number of hydrogen-bond donors (Lipinski definition) is 2. The molecule has 0 bridgehead atoms. The molecule has 0 atom stereocenters. The molecule has 6 nitrogen and oxygen atoms in total. The van der Waals surface area contributed by atoms with Crippen LogP contribution in [0.5, 0.6) is 0 Å². The van der Waals surface area contributed by atoms with Gasteiger partial charge in [0.25, 0.3) is 0 Å². The van der Waals surface area contributed by atoms with Crippen molar-refractivity contribution in [3.05, 3.63) is 36.7 Å². The van der Waals surface area contributed by atoms with Gasteiger partial charge < -0.3 is 15.2 Å².